The van der Waals surface area contributed by atoms with Crippen LogP contribution < -0.4 is 5.73 Å². The number of anilines is 1. The van der Waals surface area contributed by atoms with E-state index in [2.05, 4.69) is 26.1 Å². The van der Waals surface area contributed by atoms with Crippen LogP contribution in [0.4, 0.5) is 5.82 Å². The Bertz CT molecular complexity index is 753. The molecule has 3 aromatic rings. The van der Waals surface area contributed by atoms with Gasteiger partial charge in [-0.3, -0.25) is 4.98 Å². The summed E-state index contributed by atoms with van der Waals surface area (Å²) in [4.78, 5) is 4.02. The second-order valence-electron chi connectivity index (χ2n) is 4.47. The highest BCUT2D eigenvalue weighted by Crippen LogP contribution is 2.38. The lowest BCUT2D eigenvalue weighted by molar-refractivity contribution is 0.436. The number of nitrogen functional groups attached to an aromatic ring is 1. The van der Waals surface area contributed by atoms with Gasteiger partial charge >= 0.3 is 0 Å². The molecule has 20 heavy (non-hydrogen) atoms. The number of nitrogens with two attached hydrogens (primary N) is 1. The normalized spacial score (nSPS) is 10.7. The van der Waals surface area contributed by atoms with Gasteiger partial charge in [0.15, 0.2) is 11.6 Å². The van der Waals surface area contributed by atoms with E-state index >= 15 is 0 Å². The van der Waals surface area contributed by atoms with Crippen LogP contribution in [0.2, 0.25) is 0 Å². The number of aromatic nitrogens is 2. The summed E-state index contributed by atoms with van der Waals surface area (Å²) in [5.41, 5.74) is 9.76. The van der Waals surface area contributed by atoms with Gasteiger partial charge < -0.3 is 10.3 Å². The summed E-state index contributed by atoms with van der Waals surface area (Å²) in [5.74, 6) is 1.05. The molecule has 0 radical (unpaired) electrons. The van der Waals surface area contributed by atoms with Crippen molar-refractivity contribution < 1.29 is 4.52 Å². The van der Waals surface area contributed by atoms with Gasteiger partial charge in [0, 0.05) is 22.4 Å². The van der Waals surface area contributed by atoms with Crippen molar-refractivity contribution in [3.63, 3.8) is 0 Å². The molecular formula is C15H12BrN3O. The topological polar surface area (TPSA) is 64.9 Å². The highest BCUT2D eigenvalue weighted by atomic mass is 79.9. The maximum atomic E-state index is 5.96. The average molecular weight is 330 g/mol. The molecule has 2 aromatic heterocycles. The largest absolute Gasteiger partial charge is 0.380 e. The van der Waals surface area contributed by atoms with Crippen molar-refractivity contribution in [2.75, 3.05) is 5.73 Å². The number of benzene rings is 1. The first-order valence-electron chi connectivity index (χ1n) is 6.09. The Labute approximate surface area is 124 Å². The van der Waals surface area contributed by atoms with Gasteiger partial charge in [-0.05, 0) is 42.3 Å². The summed E-state index contributed by atoms with van der Waals surface area (Å²) in [5, 5.41) is 3.91. The standard InChI is InChI=1S/C15H12BrN3O/c1-9-2-3-11(16)8-12(9)14-13(15(17)19-20-14)10-4-6-18-7-5-10/h2-8H,1H3,(H2,17,19). The van der Waals surface area contributed by atoms with E-state index in [0.29, 0.717) is 11.6 Å². The van der Waals surface area contributed by atoms with Gasteiger partial charge in [-0.25, -0.2) is 0 Å². The highest BCUT2D eigenvalue weighted by Gasteiger charge is 2.19. The van der Waals surface area contributed by atoms with E-state index in [1.165, 1.54) is 0 Å². The second kappa shape index (κ2) is 5.09. The minimum Gasteiger partial charge on any atom is -0.380 e. The van der Waals surface area contributed by atoms with E-state index in [-0.39, 0.29) is 0 Å². The summed E-state index contributed by atoms with van der Waals surface area (Å²) in [6.07, 6.45) is 3.44. The molecule has 5 heteroatoms. The Morgan fingerprint density at radius 3 is 2.65 bits per heavy atom. The first kappa shape index (κ1) is 12.9. The molecule has 0 fully saturated rings. The van der Waals surface area contributed by atoms with Crippen LogP contribution in [0, 0.1) is 6.92 Å². The van der Waals surface area contributed by atoms with Crippen molar-refractivity contribution in [3.8, 4) is 22.5 Å². The summed E-state index contributed by atoms with van der Waals surface area (Å²) >= 11 is 3.48. The Morgan fingerprint density at radius 2 is 1.90 bits per heavy atom. The number of aryl methyl sites for hydroxylation is 1. The molecule has 4 nitrogen and oxygen atoms in total. The van der Waals surface area contributed by atoms with Crippen molar-refractivity contribution in [1.29, 1.82) is 0 Å². The molecule has 3 rings (SSSR count). The quantitative estimate of drug-likeness (QED) is 0.770. The average Bonchev–Trinajstić information content (AvgIpc) is 2.84. The van der Waals surface area contributed by atoms with Crippen LogP contribution in [-0.4, -0.2) is 10.1 Å². The molecule has 0 saturated heterocycles. The van der Waals surface area contributed by atoms with Gasteiger partial charge in [-0.15, -0.1) is 0 Å². The molecule has 100 valence electrons. The van der Waals surface area contributed by atoms with Gasteiger partial charge in [0.2, 0.25) is 0 Å². The lowest BCUT2D eigenvalue weighted by atomic mass is 9.99. The molecule has 0 spiro atoms. The molecule has 2 heterocycles. The zero-order chi connectivity index (χ0) is 14.1. The van der Waals surface area contributed by atoms with Crippen molar-refractivity contribution in [3.05, 3.63) is 52.8 Å². The Balaban J connectivity index is 2.24. The van der Waals surface area contributed by atoms with Gasteiger partial charge in [0.1, 0.15) is 0 Å². The van der Waals surface area contributed by atoms with E-state index in [4.69, 9.17) is 10.3 Å². The van der Waals surface area contributed by atoms with Gasteiger partial charge in [-0.1, -0.05) is 27.2 Å². The third-order valence-corrected chi connectivity index (χ3v) is 3.62. The summed E-state index contributed by atoms with van der Waals surface area (Å²) in [6, 6.07) is 9.79. The number of halogens is 1. The van der Waals surface area contributed by atoms with Crippen LogP contribution in [0.25, 0.3) is 22.5 Å². The monoisotopic (exact) mass is 329 g/mol. The summed E-state index contributed by atoms with van der Waals surface area (Å²) < 4.78 is 6.44. The first-order valence-corrected chi connectivity index (χ1v) is 6.88. The van der Waals surface area contributed by atoms with Crippen molar-refractivity contribution in [1.82, 2.24) is 10.1 Å². The van der Waals surface area contributed by atoms with Crippen molar-refractivity contribution in [2.45, 2.75) is 6.92 Å². The van der Waals surface area contributed by atoms with E-state index in [1.807, 2.05) is 37.3 Å². The van der Waals surface area contributed by atoms with E-state index in [1.54, 1.807) is 12.4 Å². The van der Waals surface area contributed by atoms with Crippen LogP contribution in [-0.2, 0) is 0 Å². The molecule has 0 atom stereocenters. The van der Waals surface area contributed by atoms with Crippen LogP contribution in [0.3, 0.4) is 0 Å². The lowest BCUT2D eigenvalue weighted by Crippen LogP contribution is -1.90. The van der Waals surface area contributed by atoms with Crippen molar-refractivity contribution >= 4 is 21.7 Å². The molecule has 0 amide bonds. The molecule has 0 saturated carbocycles. The number of hydrogen-bond donors (Lipinski definition) is 1. The molecule has 0 aliphatic rings. The third-order valence-electron chi connectivity index (χ3n) is 3.13. The molecule has 0 aliphatic heterocycles. The molecule has 0 unspecified atom stereocenters. The van der Waals surface area contributed by atoms with Gasteiger partial charge in [0.25, 0.3) is 0 Å². The third kappa shape index (κ3) is 2.20. The predicted octanol–water partition coefficient (Wildman–Crippen LogP) is 4.06. The molecule has 2 N–H and O–H groups in total. The number of pyridine rings is 1. The fourth-order valence-corrected chi connectivity index (χ4v) is 2.48. The SMILES string of the molecule is Cc1ccc(Br)cc1-c1onc(N)c1-c1ccncc1. The van der Waals surface area contributed by atoms with Crippen LogP contribution in [0.5, 0.6) is 0 Å². The number of nitrogens with zero attached hydrogens (tertiary/aromatic N) is 2. The number of rotatable bonds is 2. The maximum Gasteiger partial charge on any atom is 0.177 e. The molecule has 1 aromatic carbocycles. The highest BCUT2D eigenvalue weighted by molar-refractivity contribution is 9.10. The summed E-state index contributed by atoms with van der Waals surface area (Å²) in [6.45, 7) is 2.02. The van der Waals surface area contributed by atoms with Crippen molar-refractivity contribution in [2.24, 2.45) is 0 Å². The van der Waals surface area contributed by atoms with Crippen LogP contribution in [0.1, 0.15) is 5.56 Å². The van der Waals surface area contributed by atoms with Crippen LogP contribution in [0.15, 0.2) is 51.7 Å². The van der Waals surface area contributed by atoms with Crippen LogP contribution >= 0.6 is 15.9 Å². The Hall–Kier alpha value is -2.14. The summed E-state index contributed by atoms with van der Waals surface area (Å²) in [7, 11) is 0. The van der Waals surface area contributed by atoms with E-state index in [0.717, 1.165) is 26.7 Å². The predicted molar refractivity (Wildman–Crippen MR) is 82.0 cm³/mol. The fourth-order valence-electron chi connectivity index (χ4n) is 2.12. The Kier molecular flexibility index (Phi) is 3.28. The number of hydrogen-bond acceptors (Lipinski definition) is 4. The molecule has 0 aliphatic carbocycles. The minimum absolute atomic E-state index is 0.380. The zero-order valence-corrected chi connectivity index (χ0v) is 12.4. The minimum atomic E-state index is 0.380. The Morgan fingerprint density at radius 1 is 1.15 bits per heavy atom. The smallest absolute Gasteiger partial charge is 0.177 e. The van der Waals surface area contributed by atoms with Gasteiger partial charge in [-0.2, -0.15) is 0 Å². The van der Waals surface area contributed by atoms with Gasteiger partial charge in [0.05, 0.1) is 5.56 Å². The van der Waals surface area contributed by atoms with E-state index in [9.17, 15) is 0 Å². The maximum absolute atomic E-state index is 5.96. The molecular weight excluding hydrogens is 318 g/mol. The fraction of sp³-hybridized carbons (Fsp3) is 0.0667. The second-order valence-corrected chi connectivity index (χ2v) is 5.38. The lowest BCUT2D eigenvalue weighted by Gasteiger charge is -2.06. The first-order chi connectivity index (χ1) is 9.66. The van der Waals surface area contributed by atoms with E-state index < -0.39 is 0 Å². The molecule has 0 bridgehead atoms. The zero-order valence-electron chi connectivity index (χ0n) is 10.8.